The molecule has 0 bridgehead atoms. The molecule has 0 aliphatic carbocycles. The van der Waals surface area contributed by atoms with Crippen LogP contribution in [0.3, 0.4) is 0 Å². The van der Waals surface area contributed by atoms with Crippen molar-refractivity contribution in [1.29, 1.82) is 0 Å². The molecule has 0 unspecified atom stereocenters. The normalized spacial score (nSPS) is 10.9. The lowest BCUT2D eigenvalue weighted by atomic mass is 10.4. The van der Waals surface area contributed by atoms with Gasteiger partial charge in [-0.05, 0) is 6.07 Å². The Balaban J connectivity index is 1.86. The summed E-state index contributed by atoms with van der Waals surface area (Å²) in [5.41, 5.74) is 8.59. The second-order valence-electron chi connectivity index (χ2n) is 3.72. The summed E-state index contributed by atoms with van der Waals surface area (Å²) in [6.07, 6.45) is 3.30. The van der Waals surface area contributed by atoms with Crippen LogP contribution < -0.4 is 11.3 Å². The van der Waals surface area contributed by atoms with Crippen LogP contribution in [0, 0.1) is 0 Å². The number of nitrogens with two attached hydrogens (primary N) is 1. The smallest absolute Gasteiger partial charge is 0.275 e. The van der Waals surface area contributed by atoms with Gasteiger partial charge in [0, 0.05) is 22.9 Å². The number of thioether (sulfide) groups is 1. The maximum atomic E-state index is 11.8. The monoisotopic (exact) mass is 291 g/mol. The van der Waals surface area contributed by atoms with Crippen molar-refractivity contribution in [3.05, 3.63) is 46.1 Å². The standard InChI is InChI=1S/C11H9N5OS2/c12-8-4-13-2-1-9(8)18-5-7-3-10(17)16-11(15-7)19-6-14-16/h1-4,6H,5,12H2. The van der Waals surface area contributed by atoms with Gasteiger partial charge in [-0.3, -0.25) is 9.78 Å². The van der Waals surface area contributed by atoms with E-state index in [1.54, 1.807) is 17.9 Å². The summed E-state index contributed by atoms with van der Waals surface area (Å²) in [6.45, 7) is 0. The van der Waals surface area contributed by atoms with Crippen molar-refractivity contribution in [3.8, 4) is 0 Å². The molecule has 0 saturated carbocycles. The highest BCUT2D eigenvalue weighted by Crippen LogP contribution is 2.26. The fraction of sp³-hybridized carbons (Fsp3) is 0.0909. The van der Waals surface area contributed by atoms with Gasteiger partial charge in [0.2, 0.25) is 4.96 Å². The lowest BCUT2D eigenvalue weighted by Crippen LogP contribution is -2.14. The Labute approximate surface area is 116 Å². The molecule has 3 heterocycles. The molecule has 0 fully saturated rings. The predicted molar refractivity (Wildman–Crippen MR) is 75.3 cm³/mol. The number of nitrogen functional groups attached to an aromatic ring is 1. The summed E-state index contributed by atoms with van der Waals surface area (Å²) in [5.74, 6) is 0.581. The van der Waals surface area contributed by atoms with Crippen LogP contribution in [0.15, 0.2) is 39.7 Å². The second-order valence-corrected chi connectivity index (χ2v) is 5.55. The van der Waals surface area contributed by atoms with Crippen LogP contribution in [0.4, 0.5) is 5.69 Å². The van der Waals surface area contributed by atoms with Crippen LogP contribution in [-0.4, -0.2) is 19.6 Å². The molecule has 8 heteroatoms. The van der Waals surface area contributed by atoms with Crippen molar-refractivity contribution in [2.75, 3.05) is 5.73 Å². The second kappa shape index (κ2) is 4.98. The molecule has 0 aliphatic rings. The molecule has 0 spiro atoms. The molecule has 3 aromatic rings. The first-order valence-corrected chi connectivity index (χ1v) is 7.25. The van der Waals surface area contributed by atoms with Crippen molar-refractivity contribution in [1.82, 2.24) is 19.6 Å². The average Bonchev–Trinajstić information content (AvgIpc) is 2.87. The lowest BCUT2D eigenvalue weighted by molar-refractivity contribution is 0.888. The quantitative estimate of drug-likeness (QED) is 0.734. The van der Waals surface area contributed by atoms with Crippen LogP contribution in [0.25, 0.3) is 4.96 Å². The first kappa shape index (κ1) is 12.1. The van der Waals surface area contributed by atoms with Crippen molar-refractivity contribution in [2.24, 2.45) is 0 Å². The first-order chi connectivity index (χ1) is 9.24. The summed E-state index contributed by atoms with van der Waals surface area (Å²) < 4.78 is 1.29. The number of hydrogen-bond acceptors (Lipinski definition) is 7. The van der Waals surface area contributed by atoms with Gasteiger partial charge in [-0.1, -0.05) is 11.3 Å². The zero-order chi connectivity index (χ0) is 13.2. The van der Waals surface area contributed by atoms with Crippen molar-refractivity contribution in [2.45, 2.75) is 10.6 Å². The molecule has 6 nitrogen and oxygen atoms in total. The Hall–Kier alpha value is -1.93. The molecule has 0 atom stereocenters. The molecule has 0 aromatic carbocycles. The van der Waals surface area contributed by atoms with Gasteiger partial charge in [-0.15, -0.1) is 11.8 Å². The minimum atomic E-state index is -0.162. The number of pyridine rings is 1. The SMILES string of the molecule is Nc1cnccc1SCc1cc(=O)n2ncsc2n1. The molecule has 19 heavy (non-hydrogen) atoms. The van der Waals surface area contributed by atoms with E-state index in [2.05, 4.69) is 15.1 Å². The zero-order valence-electron chi connectivity index (χ0n) is 9.68. The van der Waals surface area contributed by atoms with E-state index < -0.39 is 0 Å². The molecular formula is C11H9N5OS2. The van der Waals surface area contributed by atoms with Crippen molar-refractivity contribution in [3.63, 3.8) is 0 Å². The fourth-order valence-corrected chi connectivity index (χ4v) is 3.02. The van der Waals surface area contributed by atoms with E-state index in [0.29, 0.717) is 16.4 Å². The molecule has 0 radical (unpaired) electrons. The maximum Gasteiger partial charge on any atom is 0.275 e. The molecule has 2 N–H and O–H groups in total. The molecule has 0 amide bonds. The van der Waals surface area contributed by atoms with Gasteiger partial charge in [-0.25, -0.2) is 4.98 Å². The van der Waals surface area contributed by atoms with Gasteiger partial charge in [-0.2, -0.15) is 9.61 Å². The topological polar surface area (TPSA) is 86.2 Å². The Kier molecular flexibility index (Phi) is 3.18. The third kappa shape index (κ3) is 2.45. The van der Waals surface area contributed by atoms with Gasteiger partial charge < -0.3 is 5.73 Å². The highest BCUT2D eigenvalue weighted by Gasteiger charge is 2.06. The van der Waals surface area contributed by atoms with Crippen LogP contribution in [-0.2, 0) is 5.75 Å². The summed E-state index contributed by atoms with van der Waals surface area (Å²) in [7, 11) is 0. The van der Waals surface area contributed by atoms with Crippen LogP contribution in [0.1, 0.15) is 5.69 Å². The third-order valence-corrected chi connectivity index (χ3v) is 4.22. The largest absolute Gasteiger partial charge is 0.397 e. The predicted octanol–water partition coefficient (Wildman–Crippen LogP) is 1.42. The Morgan fingerprint density at radius 2 is 2.37 bits per heavy atom. The minimum Gasteiger partial charge on any atom is -0.397 e. The molecular weight excluding hydrogens is 282 g/mol. The van der Waals surface area contributed by atoms with E-state index in [9.17, 15) is 4.79 Å². The average molecular weight is 291 g/mol. The van der Waals surface area contributed by atoms with Crippen LogP contribution in [0.5, 0.6) is 0 Å². The van der Waals surface area contributed by atoms with Crippen molar-refractivity contribution >= 4 is 33.7 Å². The van der Waals surface area contributed by atoms with Gasteiger partial charge in [0.25, 0.3) is 5.56 Å². The summed E-state index contributed by atoms with van der Waals surface area (Å²) in [5, 5.41) is 3.92. The van der Waals surface area contributed by atoms with E-state index in [1.807, 2.05) is 6.07 Å². The van der Waals surface area contributed by atoms with Gasteiger partial charge >= 0.3 is 0 Å². The van der Waals surface area contributed by atoms with Gasteiger partial charge in [0.15, 0.2) is 0 Å². The van der Waals surface area contributed by atoms with Crippen LogP contribution in [0.2, 0.25) is 0 Å². The summed E-state index contributed by atoms with van der Waals surface area (Å²) in [6, 6.07) is 3.34. The number of rotatable bonds is 3. The third-order valence-electron chi connectivity index (χ3n) is 2.43. The fourth-order valence-electron chi connectivity index (χ4n) is 1.55. The van der Waals surface area contributed by atoms with E-state index in [1.165, 1.54) is 33.7 Å². The highest BCUT2D eigenvalue weighted by molar-refractivity contribution is 7.98. The summed E-state index contributed by atoms with van der Waals surface area (Å²) >= 11 is 2.87. The number of anilines is 1. The van der Waals surface area contributed by atoms with Gasteiger partial charge in [0.05, 0.1) is 17.6 Å². The zero-order valence-corrected chi connectivity index (χ0v) is 11.3. The minimum absolute atomic E-state index is 0.162. The molecule has 0 aliphatic heterocycles. The van der Waals surface area contributed by atoms with E-state index >= 15 is 0 Å². The Morgan fingerprint density at radius 3 is 3.21 bits per heavy atom. The Bertz CT molecular complexity index is 782. The van der Waals surface area contributed by atoms with Crippen LogP contribution >= 0.6 is 23.1 Å². The van der Waals surface area contributed by atoms with E-state index in [4.69, 9.17) is 5.73 Å². The van der Waals surface area contributed by atoms with Crippen molar-refractivity contribution < 1.29 is 0 Å². The number of aromatic nitrogens is 4. The maximum absolute atomic E-state index is 11.8. The molecule has 0 saturated heterocycles. The molecule has 3 rings (SSSR count). The Morgan fingerprint density at radius 1 is 1.47 bits per heavy atom. The van der Waals surface area contributed by atoms with E-state index in [0.717, 1.165) is 10.6 Å². The van der Waals surface area contributed by atoms with E-state index in [-0.39, 0.29) is 5.56 Å². The summed E-state index contributed by atoms with van der Waals surface area (Å²) in [4.78, 5) is 21.6. The number of hydrogen-bond donors (Lipinski definition) is 1. The van der Waals surface area contributed by atoms with Gasteiger partial charge in [0.1, 0.15) is 5.51 Å². The molecule has 96 valence electrons. The highest BCUT2D eigenvalue weighted by atomic mass is 32.2. The number of fused-ring (bicyclic) bond motifs is 1. The first-order valence-electron chi connectivity index (χ1n) is 5.39. The molecule has 3 aromatic heterocycles. The number of nitrogens with zero attached hydrogens (tertiary/aromatic N) is 4. The lowest BCUT2D eigenvalue weighted by Gasteiger charge is -2.03.